The molecule has 0 amide bonds. The van der Waals surface area contributed by atoms with Crippen LogP contribution in [0.1, 0.15) is 111 Å². The van der Waals surface area contributed by atoms with Crippen LogP contribution in [0.25, 0.3) is 6.08 Å². The van der Waals surface area contributed by atoms with E-state index in [0.717, 1.165) is 11.1 Å². The van der Waals surface area contributed by atoms with Gasteiger partial charge in [0, 0.05) is 52.6 Å². The number of aliphatic hydroxyl groups excluding tert-OH is 1. The maximum Gasteiger partial charge on any atom is 0.331 e. The molecule has 3 aliphatic heterocycles. The molecule has 1 aromatic rings. The van der Waals surface area contributed by atoms with Crippen LogP contribution in [-0.2, 0) is 57.0 Å². The lowest BCUT2D eigenvalue weighted by molar-refractivity contribution is -0.338. The van der Waals surface area contributed by atoms with Crippen LogP contribution in [-0.4, -0.2) is 156 Å². The Kier molecular flexibility index (Phi) is 14.8. The van der Waals surface area contributed by atoms with Gasteiger partial charge in [0.2, 0.25) is 0 Å². The summed E-state index contributed by atoms with van der Waals surface area (Å²) in [5.41, 5.74) is -6.17. The molecule has 7 aliphatic rings. The summed E-state index contributed by atoms with van der Waals surface area (Å²) in [5, 5.41) is 48.4. The van der Waals surface area contributed by atoms with Crippen molar-refractivity contribution in [2.24, 2.45) is 16.7 Å². The summed E-state index contributed by atoms with van der Waals surface area (Å²) < 4.78 is 62.2. The van der Waals surface area contributed by atoms with E-state index in [-0.39, 0.29) is 44.0 Å². The second-order valence-electron chi connectivity index (χ2n) is 20.7. The van der Waals surface area contributed by atoms with Crippen LogP contribution in [0.3, 0.4) is 0 Å². The zero-order valence-corrected chi connectivity index (χ0v) is 40.5. The number of ether oxygens (including phenoxy) is 10. The Labute approximate surface area is 394 Å². The summed E-state index contributed by atoms with van der Waals surface area (Å²) >= 11 is 0. The molecule has 3 heterocycles. The van der Waals surface area contributed by atoms with Crippen LogP contribution in [0, 0.1) is 16.7 Å². The number of aliphatic hydroxyl groups is 4. The Morgan fingerprint density at radius 1 is 0.746 bits per heavy atom. The predicted octanol–water partition coefficient (Wildman–Crippen LogP) is 4.70. The van der Waals surface area contributed by atoms with Crippen molar-refractivity contribution < 1.29 is 77.4 Å². The molecule has 20 atom stereocenters. The molecule has 67 heavy (non-hydrogen) atoms. The number of hydrogen-bond donors (Lipinski definition) is 4. The third kappa shape index (κ3) is 8.82. The molecule has 20 unspecified atom stereocenters. The van der Waals surface area contributed by atoms with Crippen LogP contribution in [0.15, 0.2) is 48.1 Å². The van der Waals surface area contributed by atoms with Crippen molar-refractivity contribution in [2.45, 2.75) is 209 Å². The molecule has 0 aromatic heterocycles. The fourth-order valence-corrected chi connectivity index (χ4v) is 13.3. The van der Waals surface area contributed by atoms with Crippen molar-refractivity contribution in [1.29, 1.82) is 0 Å². The van der Waals surface area contributed by atoms with Gasteiger partial charge in [-0.25, -0.2) is 4.79 Å². The number of carbonyl (C=O) groups excluding carboxylic acids is 2. The maximum absolute atomic E-state index is 13.6. The zero-order chi connectivity index (χ0) is 48.3. The number of esters is 1. The maximum atomic E-state index is 13.6. The minimum absolute atomic E-state index is 0.0425. The number of methoxy groups -OCH3 is 3. The fourth-order valence-electron chi connectivity index (χ4n) is 13.3. The van der Waals surface area contributed by atoms with E-state index >= 15 is 0 Å². The van der Waals surface area contributed by atoms with Gasteiger partial charge in [-0.3, -0.25) is 4.79 Å². The van der Waals surface area contributed by atoms with E-state index in [1.807, 2.05) is 50.3 Å². The predicted molar refractivity (Wildman–Crippen MR) is 241 cm³/mol. The second kappa shape index (κ2) is 19.5. The first-order valence-corrected chi connectivity index (χ1v) is 24.3. The number of benzene rings is 1. The number of carbonyl (C=O) groups is 2. The van der Waals surface area contributed by atoms with Crippen LogP contribution >= 0.6 is 0 Å². The highest BCUT2D eigenvalue weighted by molar-refractivity contribution is 5.88. The minimum atomic E-state index is -2.04. The van der Waals surface area contributed by atoms with E-state index in [9.17, 15) is 30.0 Å². The Balaban J connectivity index is 0.922. The lowest BCUT2D eigenvalue weighted by Gasteiger charge is -2.67. The van der Waals surface area contributed by atoms with Gasteiger partial charge in [-0.2, -0.15) is 0 Å². The lowest BCUT2D eigenvalue weighted by atomic mass is 9.42. The van der Waals surface area contributed by atoms with E-state index in [1.165, 1.54) is 13.0 Å². The number of ketones is 1. The van der Waals surface area contributed by atoms with Gasteiger partial charge in [0.1, 0.15) is 41.2 Å². The van der Waals surface area contributed by atoms with Crippen molar-refractivity contribution in [1.82, 2.24) is 0 Å². The highest BCUT2D eigenvalue weighted by atomic mass is 16.7. The van der Waals surface area contributed by atoms with Crippen LogP contribution < -0.4 is 0 Å². The molecule has 0 spiro atoms. The minimum Gasteiger partial charge on any atom is -0.458 e. The Morgan fingerprint density at radius 2 is 1.31 bits per heavy atom. The number of hydrogen-bond acceptors (Lipinski definition) is 16. The number of fused-ring (bicyclic) bond motifs is 5. The zero-order valence-electron chi connectivity index (χ0n) is 40.5. The summed E-state index contributed by atoms with van der Waals surface area (Å²) in [5.74, 6) is -1.78. The van der Waals surface area contributed by atoms with Gasteiger partial charge in [-0.15, -0.1) is 0 Å². The summed E-state index contributed by atoms with van der Waals surface area (Å²) in [4.78, 5) is 26.9. The summed E-state index contributed by atoms with van der Waals surface area (Å²) in [6.07, 6.45) is 0.686. The average Bonchev–Trinajstić information content (AvgIpc) is 3.53. The summed E-state index contributed by atoms with van der Waals surface area (Å²) in [7, 11) is 4.84. The topological polar surface area (TPSA) is 207 Å². The van der Waals surface area contributed by atoms with Crippen LogP contribution in [0.5, 0.6) is 0 Å². The number of rotatable bonds is 13. The monoisotopic (exact) mass is 942 g/mol. The first kappa shape index (κ1) is 50.7. The Bertz CT molecular complexity index is 1980. The van der Waals surface area contributed by atoms with Crippen molar-refractivity contribution in [3.05, 3.63) is 53.6 Å². The first-order valence-electron chi connectivity index (χ1n) is 24.3. The van der Waals surface area contributed by atoms with Crippen LogP contribution in [0.2, 0.25) is 0 Å². The van der Waals surface area contributed by atoms with Gasteiger partial charge in [-0.1, -0.05) is 48.9 Å². The normalized spacial score (nSPS) is 47.7. The lowest BCUT2D eigenvalue weighted by Crippen LogP contribution is -2.78. The molecule has 0 bridgehead atoms. The summed E-state index contributed by atoms with van der Waals surface area (Å²) in [6, 6.07) is 9.31. The third-order valence-corrected chi connectivity index (χ3v) is 17.4. The molecule has 0 radical (unpaired) electrons. The summed E-state index contributed by atoms with van der Waals surface area (Å²) in [6.45, 7) is 10.6. The second-order valence-corrected chi connectivity index (χ2v) is 20.7. The van der Waals surface area contributed by atoms with Gasteiger partial charge in [0.25, 0.3) is 0 Å². The third-order valence-electron chi connectivity index (χ3n) is 17.4. The van der Waals surface area contributed by atoms with Gasteiger partial charge in [-0.05, 0) is 96.6 Å². The molecule has 16 heteroatoms. The average molecular weight is 943 g/mol. The molecule has 3 saturated heterocycles. The molecule has 4 aliphatic carbocycles. The molecule has 1 aromatic carbocycles. The van der Waals surface area contributed by atoms with Crippen molar-refractivity contribution in [3.63, 3.8) is 0 Å². The van der Waals surface area contributed by atoms with Gasteiger partial charge < -0.3 is 67.8 Å². The van der Waals surface area contributed by atoms with Gasteiger partial charge in [0.15, 0.2) is 24.7 Å². The standard InChI is InChI=1S/C51H74O16/c1-28-44(54)35(58-7)24-42(61-28)66-46-30(3)63-43(26-37(46)60-9)67-45-29(2)62-41(25-36(45)59-8)64-34-18-19-47(5)33(23-34)17-20-50(56)38(47)27-39(65-40(53)16-15-32-13-11-10-12-14-32)48(6)49(55,31(4)52)21-22-51(48,50)57/h10-17,28-30,34-39,41-46,54-57H,18-27H2,1-9H3. The molecule has 374 valence electrons. The Morgan fingerprint density at radius 3 is 1.90 bits per heavy atom. The van der Waals surface area contributed by atoms with E-state index < -0.39 is 113 Å². The van der Waals surface area contributed by atoms with Gasteiger partial charge >= 0.3 is 5.97 Å². The molecular formula is C51H74O16. The van der Waals surface area contributed by atoms with Crippen LogP contribution in [0.4, 0.5) is 0 Å². The number of Topliss-reactive ketones (excluding diaryl/α,β-unsaturated/α-hetero) is 1. The largest absolute Gasteiger partial charge is 0.458 e. The molecule has 8 rings (SSSR count). The first-order chi connectivity index (χ1) is 31.7. The Hall–Kier alpha value is -2.68. The fraction of sp³-hybridized carbons (Fsp3) is 0.765. The quantitative estimate of drug-likeness (QED) is 0.120. The van der Waals surface area contributed by atoms with Gasteiger partial charge in [0.05, 0.1) is 48.1 Å². The molecule has 3 saturated carbocycles. The molecule has 16 nitrogen and oxygen atoms in total. The van der Waals surface area contributed by atoms with Crippen molar-refractivity contribution in [2.75, 3.05) is 21.3 Å². The smallest absolute Gasteiger partial charge is 0.331 e. The highest BCUT2D eigenvalue weighted by Crippen LogP contribution is 2.71. The highest BCUT2D eigenvalue weighted by Gasteiger charge is 2.81. The SMILES string of the molecule is COC1CC(OC2C(C)OC(OC3C(C)OC(OC4CCC5(C)C(=CCC6(O)C5CC(OC(=O)C=Cc5ccccc5)C5(C)C(O)(C(C)=O)CCC65O)C4)CC3OC)CC2OC)OC(C)C1O. The van der Waals surface area contributed by atoms with E-state index in [2.05, 4.69) is 6.92 Å². The van der Waals surface area contributed by atoms with E-state index in [0.29, 0.717) is 38.5 Å². The van der Waals surface area contributed by atoms with E-state index in [1.54, 1.807) is 41.3 Å². The van der Waals surface area contributed by atoms with Crippen molar-refractivity contribution in [3.8, 4) is 0 Å². The van der Waals surface area contributed by atoms with Crippen molar-refractivity contribution >= 4 is 17.8 Å². The van der Waals surface area contributed by atoms with E-state index in [4.69, 9.17) is 47.4 Å². The molecule has 4 N–H and O–H groups in total. The molecule has 6 fully saturated rings. The molecular weight excluding hydrogens is 869 g/mol.